The summed E-state index contributed by atoms with van der Waals surface area (Å²) in [5, 5.41) is 4.89. The molecule has 3 rings (SSSR count). The number of fused-ring (bicyclic) bond motifs is 1. The van der Waals surface area contributed by atoms with Gasteiger partial charge < -0.3 is 9.84 Å². The Morgan fingerprint density at radius 2 is 2.22 bits per heavy atom. The number of carbonyl (C=O) groups is 1. The topological polar surface area (TPSA) is 68.0 Å². The fourth-order valence-corrected chi connectivity index (χ4v) is 2.71. The van der Waals surface area contributed by atoms with E-state index in [2.05, 4.69) is 15.5 Å². The normalized spacial score (nSPS) is 17.0. The molecule has 1 atom stereocenters. The minimum Gasteiger partial charge on any atom is -0.351 e. The predicted molar refractivity (Wildman–Crippen MR) is 88.3 cm³/mol. The number of nitrogens with zero attached hydrogens (tertiary/aromatic N) is 2. The molecule has 0 aliphatic heterocycles. The minimum absolute atomic E-state index is 0.141. The number of benzene rings is 1. The maximum absolute atomic E-state index is 11.8. The van der Waals surface area contributed by atoms with Gasteiger partial charge in [-0.3, -0.25) is 4.79 Å². The van der Waals surface area contributed by atoms with Crippen LogP contribution in [0.5, 0.6) is 0 Å². The first-order chi connectivity index (χ1) is 10.9. The molecular formula is C15H14B3N3O2. The van der Waals surface area contributed by atoms with Gasteiger partial charge >= 0.3 is 0 Å². The number of aryl methyl sites for hydroxylation is 2. The van der Waals surface area contributed by atoms with E-state index in [4.69, 9.17) is 28.1 Å². The Balaban J connectivity index is 1.81. The van der Waals surface area contributed by atoms with Crippen LogP contribution >= 0.6 is 0 Å². The molecule has 2 aromatic rings. The first kappa shape index (κ1) is 15.9. The summed E-state index contributed by atoms with van der Waals surface area (Å²) in [5.41, 5.74) is 3.06. The first-order valence-electron chi connectivity index (χ1n) is 7.52. The van der Waals surface area contributed by atoms with Crippen molar-refractivity contribution in [2.24, 2.45) is 0 Å². The Bertz CT molecular complexity index is 740. The van der Waals surface area contributed by atoms with Crippen molar-refractivity contribution in [3.8, 4) is 11.4 Å². The van der Waals surface area contributed by atoms with E-state index in [0.29, 0.717) is 18.1 Å². The quantitative estimate of drug-likeness (QED) is 0.855. The summed E-state index contributed by atoms with van der Waals surface area (Å²) < 4.78 is 5.14. The van der Waals surface area contributed by atoms with Gasteiger partial charge in [0, 0.05) is 12.0 Å². The molecule has 0 saturated heterocycles. The van der Waals surface area contributed by atoms with Crippen LogP contribution in [0.4, 0.5) is 0 Å². The van der Waals surface area contributed by atoms with E-state index < -0.39 is 11.0 Å². The zero-order valence-electron chi connectivity index (χ0n) is 12.9. The van der Waals surface area contributed by atoms with E-state index >= 15 is 0 Å². The molecule has 0 spiro atoms. The first-order valence-corrected chi connectivity index (χ1v) is 7.52. The highest BCUT2D eigenvalue weighted by atomic mass is 16.5. The fraction of sp³-hybridized carbons (Fsp3) is 0.400. The maximum atomic E-state index is 11.8. The number of carbonyl (C=O) groups excluding carboxylic acids is 1. The molecular weight excluding hydrogens is 287 g/mol. The van der Waals surface area contributed by atoms with Crippen molar-refractivity contribution in [1.82, 2.24) is 15.5 Å². The Hall–Kier alpha value is -1.98. The van der Waals surface area contributed by atoms with E-state index in [1.807, 2.05) is 25.1 Å². The Morgan fingerprint density at radius 1 is 1.43 bits per heavy atom. The van der Waals surface area contributed by atoms with Crippen molar-refractivity contribution < 1.29 is 9.32 Å². The van der Waals surface area contributed by atoms with Crippen LogP contribution in [-0.2, 0) is 17.6 Å². The molecule has 8 heteroatoms. The molecule has 1 aliphatic rings. The third-order valence-electron chi connectivity index (χ3n) is 3.95. The van der Waals surface area contributed by atoms with Gasteiger partial charge in [-0.2, -0.15) is 4.98 Å². The van der Waals surface area contributed by atoms with Crippen LogP contribution < -0.4 is 5.32 Å². The molecule has 1 aromatic carbocycles. The average molecular weight is 301 g/mol. The minimum atomic E-state index is -1.87. The molecule has 1 aliphatic carbocycles. The van der Waals surface area contributed by atoms with E-state index in [1.165, 1.54) is 0 Å². The van der Waals surface area contributed by atoms with Crippen LogP contribution in [0.1, 0.15) is 36.4 Å². The maximum Gasteiger partial charge on any atom is 0.226 e. The molecule has 0 bridgehead atoms. The van der Waals surface area contributed by atoms with Gasteiger partial charge in [0.2, 0.25) is 17.6 Å². The number of hydrogen-bond donors (Lipinski definition) is 1. The van der Waals surface area contributed by atoms with Crippen molar-refractivity contribution in [2.45, 2.75) is 37.3 Å². The highest BCUT2D eigenvalue weighted by molar-refractivity contribution is 6.68. The van der Waals surface area contributed by atoms with Gasteiger partial charge in [0.05, 0.1) is 29.6 Å². The second-order valence-corrected chi connectivity index (χ2v) is 5.78. The molecule has 110 valence electrons. The van der Waals surface area contributed by atoms with Gasteiger partial charge in [0.1, 0.15) is 0 Å². The fourth-order valence-electron chi connectivity index (χ4n) is 2.71. The van der Waals surface area contributed by atoms with Crippen molar-refractivity contribution in [3.63, 3.8) is 0 Å². The van der Waals surface area contributed by atoms with Gasteiger partial charge in [-0.25, -0.2) is 0 Å². The molecule has 5 nitrogen and oxygen atoms in total. The van der Waals surface area contributed by atoms with Crippen molar-refractivity contribution in [2.75, 3.05) is 0 Å². The van der Waals surface area contributed by atoms with Gasteiger partial charge in [-0.1, -0.05) is 29.3 Å². The second-order valence-electron chi connectivity index (χ2n) is 5.78. The third-order valence-corrected chi connectivity index (χ3v) is 3.95. The lowest BCUT2D eigenvalue weighted by atomic mass is 9.42. The van der Waals surface area contributed by atoms with Crippen LogP contribution in [0.25, 0.3) is 11.4 Å². The summed E-state index contributed by atoms with van der Waals surface area (Å²) in [5.74, 6) is 0.600. The van der Waals surface area contributed by atoms with E-state index in [-0.39, 0.29) is 6.04 Å². The number of nitrogens with one attached hydrogen (secondary N) is 1. The predicted octanol–water partition coefficient (Wildman–Crippen LogP) is 0.982. The van der Waals surface area contributed by atoms with Gasteiger partial charge in [-0.15, -0.1) is 0 Å². The van der Waals surface area contributed by atoms with Gasteiger partial charge in [-0.05, 0) is 30.0 Å². The molecule has 1 heterocycles. The molecule has 0 saturated carbocycles. The van der Waals surface area contributed by atoms with Crippen LogP contribution in [0, 0.1) is 0 Å². The summed E-state index contributed by atoms with van der Waals surface area (Å²) in [6, 6.07) is 5.74. The smallest absolute Gasteiger partial charge is 0.226 e. The largest absolute Gasteiger partial charge is 0.351 e. The molecule has 0 unspecified atom stereocenters. The second kappa shape index (κ2) is 5.91. The monoisotopic (exact) mass is 301 g/mol. The average Bonchev–Trinajstić information content (AvgIpc) is 3.13. The lowest BCUT2D eigenvalue weighted by Gasteiger charge is -2.23. The number of hydrogen-bond acceptors (Lipinski definition) is 4. The van der Waals surface area contributed by atoms with Gasteiger partial charge in [0.15, 0.2) is 0 Å². The lowest BCUT2D eigenvalue weighted by Crippen LogP contribution is -2.38. The van der Waals surface area contributed by atoms with Crippen LogP contribution in [0.15, 0.2) is 22.7 Å². The summed E-state index contributed by atoms with van der Waals surface area (Å²) in [6.45, 7) is 1.96. The van der Waals surface area contributed by atoms with Gasteiger partial charge in [0.25, 0.3) is 0 Å². The molecule has 23 heavy (non-hydrogen) atoms. The van der Waals surface area contributed by atoms with E-state index in [9.17, 15) is 4.79 Å². The molecule has 6 radical (unpaired) electrons. The van der Waals surface area contributed by atoms with Crippen LogP contribution in [-0.4, -0.2) is 39.6 Å². The van der Waals surface area contributed by atoms with E-state index in [1.54, 1.807) is 0 Å². The van der Waals surface area contributed by atoms with E-state index in [0.717, 1.165) is 29.5 Å². The highest BCUT2D eigenvalue weighted by Gasteiger charge is 2.28. The SMILES string of the molecule is [B]C([B])([B])C(=O)N[C@@H]1CCc2cc(-c3noc(CC)n3)ccc21. The van der Waals surface area contributed by atoms with Crippen LogP contribution in [0.3, 0.4) is 0 Å². The Morgan fingerprint density at radius 3 is 2.87 bits per heavy atom. The molecule has 0 fully saturated rings. The lowest BCUT2D eigenvalue weighted by molar-refractivity contribution is -0.121. The number of amides is 1. The summed E-state index contributed by atoms with van der Waals surface area (Å²) in [4.78, 5) is 16.2. The zero-order chi connectivity index (χ0) is 16.6. The number of rotatable bonds is 4. The van der Waals surface area contributed by atoms with Crippen LogP contribution in [0.2, 0.25) is 5.11 Å². The van der Waals surface area contributed by atoms with Crippen molar-refractivity contribution in [3.05, 3.63) is 35.2 Å². The third kappa shape index (κ3) is 3.21. The molecule has 1 N–H and O–H groups in total. The number of aromatic nitrogens is 2. The Kier molecular flexibility index (Phi) is 4.09. The summed E-state index contributed by atoms with van der Waals surface area (Å²) in [7, 11) is 16.2. The molecule has 1 aromatic heterocycles. The zero-order valence-corrected chi connectivity index (χ0v) is 12.9. The summed E-state index contributed by atoms with van der Waals surface area (Å²) >= 11 is 0. The van der Waals surface area contributed by atoms with Crippen molar-refractivity contribution in [1.29, 1.82) is 0 Å². The summed E-state index contributed by atoms with van der Waals surface area (Å²) in [6.07, 6.45) is 2.30. The van der Waals surface area contributed by atoms with Crippen molar-refractivity contribution >= 4 is 29.4 Å². The molecule has 1 amide bonds. The standard InChI is InChI=1S/C15H14B3N3O2/c1-2-12-20-13(21-23-12)9-3-5-10-8(7-9)4-6-11(10)19-14(22)15(16,17)18/h3,5,7,11H,2,4,6H2,1H3,(H,19,22)/t11-/m1/s1. The highest BCUT2D eigenvalue weighted by Crippen LogP contribution is 2.34. The Labute approximate surface area is 138 Å².